The number of hydrogen-bond donors (Lipinski definition) is 0. The molecule has 0 aliphatic carbocycles. The van der Waals surface area contributed by atoms with Crippen molar-refractivity contribution in [3.05, 3.63) is 29.6 Å². The zero-order chi connectivity index (χ0) is 14.8. The first kappa shape index (κ1) is 14.0. The molecule has 3 heterocycles. The van der Waals surface area contributed by atoms with Gasteiger partial charge in [0.05, 0.1) is 11.8 Å². The largest absolute Gasteiger partial charge is 0.445 e. The zero-order valence-corrected chi connectivity index (χ0v) is 12.3. The van der Waals surface area contributed by atoms with E-state index in [0.29, 0.717) is 17.7 Å². The second-order valence-corrected chi connectivity index (χ2v) is 5.30. The van der Waals surface area contributed by atoms with Crippen molar-refractivity contribution in [1.82, 2.24) is 20.1 Å². The van der Waals surface area contributed by atoms with E-state index in [2.05, 4.69) is 20.1 Å². The van der Waals surface area contributed by atoms with Crippen LogP contribution in [0.25, 0.3) is 12.2 Å². The summed E-state index contributed by atoms with van der Waals surface area (Å²) in [6.45, 7) is 5.55. The van der Waals surface area contributed by atoms with Crippen molar-refractivity contribution in [2.75, 3.05) is 20.1 Å². The Morgan fingerprint density at radius 1 is 1.24 bits per heavy atom. The summed E-state index contributed by atoms with van der Waals surface area (Å²) in [7, 11) is 2.05. The third-order valence-corrected chi connectivity index (χ3v) is 3.18. The van der Waals surface area contributed by atoms with E-state index >= 15 is 0 Å². The first-order valence-electron chi connectivity index (χ1n) is 6.88. The Bertz CT molecular complexity index is 624. The molecule has 3 rings (SSSR count). The fraction of sp³-hybridized carbons (Fsp3) is 0.500. The summed E-state index contributed by atoms with van der Waals surface area (Å²) < 4.78 is 16.7. The quantitative estimate of drug-likeness (QED) is 0.854. The molecule has 2 atom stereocenters. The van der Waals surface area contributed by atoms with Gasteiger partial charge >= 0.3 is 0 Å². The van der Waals surface area contributed by atoms with Gasteiger partial charge in [-0.3, -0.25) is 0 Å². The molecule has 7 heteroatoms. The van der Waals surface area contributed by atoms with Crippen LogP contribution in [0.1, 0.15) is 36.4 Å². The van der Waals surface area contributed by atoms with E-state index in [0.717, 1.165) is 18.8 Å². The van der Waals surface area contributed by atoms with Gasteiger partial charge in [-0.05, 0) is 20.9 Å². The molecule has 0 spiro atoms. The minimum absolute atomic E-state index is 0.148. The summed E-state index contributed by atoms with van der Waals surface area (Å²) in [5, 5.41) is 8.05. The Labute approximate surface area is 122 Å². The average Bonchev–Trinajstić information content (AvgIpc) is 3.04. The van der Waals surface area contributed by atoms with Gasteiger partial charge < -0.3 is 18.5 Å². The molecule has 7 nitrogen and oxygen atoms in total. The number of ether oxygens (including phenoxy) is 1. The highest BCUT2D eigenvalue weighted by Gasteiger charge is 2.28. The molecule has 1 fully saturated rings. The van der Waals surface area contributed by atoms with E-state index in [1.54, 1.807) is 18.4 Å². The smallest absolute Gasteiger partial charge is 0.246 e. The van der Waals surface area contributed by atoms with Crippen LogP contribution in [0.15, 0.2) is 15.1 Å². The number of nitrogens with zero attached hydrogens (tertiary/aromatic N) is 4. The molecule has 2 aromatic rings. The minimum Gasteiger partial charge on any atom is -0.445 e. The molecule has 2 aromatic heterocycles. The van der Waals surface area contributed by atoms with Gasteiger partial charge in [0.1, 0.15) is 12.4 Å². The van der Waals surface area contributed by atoms with Crippen LogP contribution in [-0.2, 0) is 4.74 Å². The fourth-order valence-corrected chi connectivity index (χ4v) is 2.33. The monoisotopic (exact) mass is 290 g/mol. The molecule has 0 unspecified atom stereocenters. The second kappa shape index (κ2) is 5.79. The van der Waals surface area contributed by atoms with Gasteiger partial charge in [-0.1, -0.05) is 0 Å². The Morgan fingerprint density at radius 2 is 2.05 bits per heavy atom. The molecule has 0 bridgehead atoms. The number of oxazole rings is 1. The van der Waals surface area contributed by atoms with Crippen molar-refractivity contribution in [3.8, 4) is 0 Å². The topological polar surface area (TPSA) is 77.4 Å². The second-order valence-electron chi connectivity index (χ2n) is 5.30. The highest BCUT2D eigenvalue weighted by atomic mass is 16.5. The van der Waals surface area contributed by atoms with Gasteiger partial charge in [0.25, 0.3) is 0 Å². The maximum Gasteiger partial charge on any atom is 0.246 e. The maximum atomic E-state index is 5.83. The Kier molecular flexibility index (Phi) is 3.85. The Balaban J connectivity index is 1.70. The number of rotatable bonds is 3. The lowest BCUT2D eigenvalue weighted by atomic mass is 10.2. The predicted octanol–water partition coefficient (Wildman–Crippen LogP) is 1.93. The van der Waals surface area contributed by atoms with Gasteiger partial charge in [-0.2, -0.15) is 0 Å². The lowest BCUT2D eigenvalue weighted by Gasteiger charge is -2.32. The molecule has 0 aromatic carbocycles. The number of morpholine rings is 1. The van der Waals surface area contributed by atoms with Crippen LogP contribution in [-0.4, -0.2) is 46.3 Å². The number of likely N-dealkylation sites (N-methyl/N-ethyl adjacent to an activating group) is 1. The Hall–Kier alpha value is -1.99. The van der Waals surface area contributed by atoms with Crippen molar-refractivity contribution < 1.29 is 13.6 Å². The molecule has 1 aliphatic rings. The summed E-state index contributed by atoms with van der Waals surface area (Å²) >= 11 is 0. The molecule has 1 saturated heterocycles. The van der Waals surface area contributed by atoms with Crippen molar-refractivity contribution in [1.29, 1.82) is 0 Å². The van der Waals surface area contributed by atoms with Crippen molar-refractivity contribution >= 4 is 12.2 Å². The van der Waals surface area contributed by atoms with E-state index in [1.165, 1.54) is 0 Å². The van der Waals surface area contributed by atoms with E-state index in [4.69, 9.17) is 13.6 Å². The third-order valence-electron chi connectivity index (χ3n) is 3.18. The minimum atomic E-state index is -0.183. The third kappa shape index (κ3) is 3.37. The standard InChI is InChI=1S/C14H18N4O3/c1-9-8-19-12(15-9)4-5-13-16-17-14(21-13)11-7-18(3)6-10(2)20-11/h4-5,8,10-11H,6-7H2,1-3H3/t10-,11-/m1/s1. The molecule has 0 radical (unpaired) electrons. The molecular formula is C14H18N4O3. The van der Waals surface area contributed by atoms with Crippen molar-refractivity contribution in [2.45, 2.75) is 26.1 Å². The lowest BCUT2D eigenvalue weighted by molar-refractivity contribution is -0.0823. The van der Waals surface area contributed by atoms with Gasteiger partial charge in [0, 0.05) is 25.2 Å². The van der Waals surface area contributed by atoms with Crippen LogP contribution >= 0.6 is 0 Å². The van der Waals surface area contributed by atoms with E-state index < -0.39 is 0 Å². The molecule has 0 saturated carbocycles. The van der Waals surface area contributed by atoms with Crippen molar-refractivity contribution in [3.63, 3.8) is 0 Å². The zero-order valence-electron chi connectivity index (χ0n) is 12.3. The van der Waals surface area contributed by atoms with E-state index in [1.807, 2.05) is 20.9 Å². The average molecular weight is 290 g/mol. The Morgan fingerprint density at radius 3 is 2.76 bits per heavy atom. The van der Waals surface area contributed by atoms with Crippen LogP contribution in [0.2, 0.25) is 0 Å². The van der Waals surface area contributed by atoms with Gasteiger partial charge in [0.2, 0.25) is 17.7 Å². The molecule has 0 amide bonds. The number of hydrogen-bond acceptors (Lipinski definition) is 7. The first-order valence-corrected chi connectivity index (χ1v) is 6.88. The highest BCUT2D eigenvalue weighted by molar-refractivity contribution is 5.60. The van der Waals surface area contributed by atoms with Crippen LogP contribution < -0.4 is 0 Å². The number of aromatic nitrogens is 3. The summed E-state index contributed by atoms with van der Waals surface area (Å²) in [5.41, 5.74) is 0.827. The van der Waals surface area contributed by atoms with Crippen LogP contribution in [0, 0.1) is 6.92 Å². The van der Waals surface area contributed by atoms with E-state index in [9.17, 15) is 0 Å². The van der Waals surface area contributed by atoms with Gasteiger partial charge in [-0.15, -0.1) is 10.2 Å². The molecule has 0 N–H and O–H groups in total. The van der Waals surface area contributed by atoms with Crippen LogP contribution in [0.4, 0.5) is 0 Å². The molecule has 21 heavy (non-hydrogen) atoms. The molecular weight excluding hydrogens is 272 g/mol. The van der Waals surface area contributed by atoms with E-state index in [-0.39, 0.29) is 12.2 Å². The number of aryl methyl sites for hydroxylation is 1. The normalized spacial score (nSPS) is 24.0. The lowest BCUT2D eigenvalue weighted by Crippen LogP contribution is -2.40. The van der Waals surface area contributed by atoms with Crippen LogP contribution in [0.5, 0.6) is 0 Å². The van der Waals surface area contributed by atoms with Crippen molar-refractivity contribution in [2.24, 2.45) is 0 Å². The molecule has 1 aliphatic heterocycles. The first-order chi connectivity index (χ1) is 10.1. The van der Waals surface area contributed by atoms with Gasteiger partial charge in [0.15, 0.2) is 0 Å². The SMILES string of the molecule is Cc1coc(C=Cc2nnc([C@H]3CN(C)C[C@@H](C)O3)o2)n1. The molecule has 112 valence electrons. The summed E-state index contributed by atoms with van der Waals surface area (Å²) in [4.78, 5) is 6.36. The predicted molar refractivity (Wildman–Crippen MR) is 75.3 cm³/mol. The summed E-state index contributed by atoms with van der Waals surface area (Å²) in [6.07, 6.45) is 4.93. The maximum absolute atomic E-state index is 5.83. The fourth-order valence-electron chi connectivity index (χ4n) is 2.33. The summed E-state index contributed by atoms with van der Waals surface area (Å²) in [6, 6.07) is 0. The van der Waals surface area contributed by atoms with Crippen LogP contribution in [0.3, 0.4) is 0 Å². The summed E-state index contributed by atoms with van der Waals surface area (Å²) in [5.74, 6) is 1.41. The highest BCUT2D eigenvalue weighted by Crippen LogP contribution is 2.23. The van der Waals surface area contributed by atoms with Gasteiger partial charge in [-0.25, -0.2) is 4.98 Å².